The molecule has 0 spiro atoms. The topological polar surface area (TPSA) is 67.8 Å². The van der Waals surface area contributed by atoms with Crippen LogP contribution in [0.5, 0.6) is 0 Å². The van der Waals surface area contributed by atoms with Crippen LogP contribution in [0.4, 0.5) is 0 Å². The summed E-state index contributed by atoms with van der Waals surface area (Å²) >= 11 is 0. The van der Waals surface area contributed by atoms with Crippen molar-refractivity contribution >= 4 is 5.97 Å². The average molecular weight is 259 g/mol. The van der Waals surface area contributed by atoms with Gasteiger partial charge in [-0.3, -0.25) is 4.79 Å². The lowest BCUT2D eigenvalue weighted by atomic mass is 9.95. The summed E-state index contributed by atoms with van der Waals surface area (Å²) < 4.78 is 11.0. The molecule has 0 radical (unpaired) electrons. The van der Waals surface area contributed by atoms with Gasteiger partial charge in [-0.1, -0.05) is 0 Å². The predicted molar refractivity (Wildman–Crippen MR) is 68.7 cm³/mol. The molecule has 1 atom stereocenters. The van der Waals surface area contributed by atoms with Crippen LogP contribution < -0.4 is 5.32 Å². The van der Waals surface area contributed by atoms with Crippen molar-refractivity contribution in [1.82, 2.24) is 5.32 Å². The van der Waals surface area contributed by atoms with Crippen LogP contribution in [0.2, 0.25) is 0 Å². The van der Waals surface area contributed by atoms with Gasteiger partial charge in [-0.05, 0) is 46.6 Å². The van der Waals surface area contributed by atoms with Crippen molar-refractivity contribution in [3.8, 4) is 0 Å². The van der Waals surface area contributed by atoms with Gasteiger partial charge in [0.25, 0.3) is 0 Å². The van der Waals surface area contributed by atoms with Gasteiger partial charge in [0, 0.05) is 0 Å². The summed E-state index contributed by atoms with van der Waals surface area (Å²) in [7, 11) is 1.68. The molecule has 1 saturated carbocycles. The fourth-order valence-corrected chi connectivity index (χ4v) is 1.95. The van der Waals surface area contributed by atoms with Gasteiger partial charge < -0.3 is 19.9 Å². The van der Waals surface area contributed by atoms with Gasteiger partial charge in [-0.15, -0.1) is 0 Å². The molecule has 1 aliphatic rings. The molecule has 2 N–H and O–H groups in total. The number of nitrogens with one attached hydrogen (secondary N) is 1. The Morgan fingerprint density at radius 1 is 1.33 bits per heavy atom. The van der Waals surface area contributed by atoms with Crippen molar-refractivity contribution in [3.63, 3.8) is 0 Å². The lowest BCUT2D eigenvalue weighted by Crippen LogP contribution is -2.56. The normalized spacial score (nSPS) is 19.6. The zero-order valence-electron chi connectivity index (χ0n) is 11.8. The van der Waals surface area contributed by atoms with E-state index in [0.29, 0.717) is 13.2 Å². The maximum atomic E-state index is 11.4. The van der Waals surface area contributed by atoms with E-state index in [9.17, 15) is 9.90 Å². The molecule has 18 heavy (non-hydrogen) atoms. The Balaban J connectivity index is 2.33. The number of ether oxygens (including phenoxy) is 2. The van der Waals surface area contributed by atoms with Crippen LogP contribution in [0, 0.1) is 5.92 Å². The average Bonchev–Trinajstić information content (AvgIpc) is 3.05. The van der Waals surface area contributed by atoms with Gasteiger partial charge in [-0.2, -0.15) is 0 Å². The minimum absolute atomic E-state index is 0.184. The number of aliphatic carboxylic acids is 1. The third-order valence-corrected chi connectivity index (χ3v) is 3.19. The Morgan fingerprint density at radius 2 is 1.94 bits per heavy atom. The van der Waals surface area contributed by atoms with Crippen LogP contribution in [-0.4, -0.2) is 49.1 Å². The van der Waals surface area contributed by atoms with Gasteiger partial charge >= 0.3 is 5.97 Å². The van der Waals surface area contributed by atoms with Crippen LogP contribution >= 0.6 is 0 Å². The van der Waals surface area contributed by atoms with Crippen molar-refractivity contribution in [2.24, 2.45) is 5.92 Å². The fraction of sp³-hybridized carbons (Fsp3) is 0.923. The quantitative estimate of drug-likeness (QED) is 0.643. The monoisotopic (exact) mass is 259 g/mol. The Hall–Kier alpha value is -0.650. The molecule has 0 saturated heterocycles. The molecular weight excluding hydrogens is 234 g/mol. The molecule has 1 fully saturated rings. The first-order valence-corrected chi connectivity index (χ1v) is 6.46. The standard InChI is InChI=1S/C13H25NO4/c1-12(2,3)18-8-7-17-9-13(14-4,11(15)16)10-5-6-10/h10,14H,5-9H2,1-4H3,(H,15,16). The molecule has 0 aliphatic heterocycles. The third kappa shape index (κ3) is 4.23. The maximum Gasteiger partial charge on any atom is 0.326 e. The predicted octanol–water partition coefficient (Wildman–Crippen LogP) is 1.27. The number of carbonyl (C=O) groups is 1. The number of carboxylic acid groups (broad SMARTS) is 1. The molecule has 1 unspecified atom stereocenters. The van der Waals surface area contributed by atoms with E-state index in [1.165, 1.54) is 0 Å². The lowest BCUT2D eigenvalue weighted by Gasteiger charge is -2.29. The molecule has 106 valence electrons. The van der Waals surface area contributed by atoms with Crippen LogP contribution in [0.25, 0.3) is 0 Å². The van der Waals surface area contributed by atoms with E-state index >= 15 is 0 Å². The maximum absolute atomic E-state index is 11.4. The SMILES string of the molecule is CNC(COCCOC(C)(C)C)(C(=O)O)C1CC1. The first-order chi connectivity index (χ1) is 8.32. The van der Waals surface area contributed by atoms with E-state index in [-0.39, 0.29) is 18.1 Å². The van der Waals surface area contributed by atoms with Crippen LogP contribution in [0.3, 0.4) is 0 Å². The number of carboxylic acids is 1. The van der Waals surface area contributed by atoms with Crippen molar-refractivity contribution < 1.29 is 19.4 Å². The van der Waals surface area contributed by atoms with Crippen molar-refractivity contribution in [2.45, 2.75) is 44.8 Å². The van der Waals surface area contributed by atoms with Crippen LogP contribution in [0.1, 0.15) is 33.6 Å². The largest absolute Gasteiger partial charge is 0.480 e. The second kappa shape index (κ2) is 5.99. The van der Waals surface area contributed by atoms with Crippen molar-refractivity contribution in [1.29, 1.82) is 0 Å². The highest BCUT2D eigenvalue weighted by Gasteiger charge is 2.50. The minimum Gasteiger partial charge on any atom is -0.480 e. The van der Waals surface area contributed by atoms with E-state index < -0.39 is 11.5 Å². The first-order valence-electron chi connectivity index (χ1n) is 6.46. The van der Waals surface area contributed by atoms with E-state index in [0.717, 1.165) is 12.8 Å². The van der Waals surface area contributed by atoms with E-state index in [4.69, 9.17) is 9.47 Å². The highest BCUT2D eigenvalue weighted by atomic mass is 16.5. The lowest BCUT2D eigenvalue weighted by molar-refractivity contribution is -0.149. The molecule has 0 aromatic rings. The Labute approximate surface area is 109 Å². The van der Waals surface area contributed by atoms with Gasteiger partial charge in [0.05, 0.1) is 25.4 Å². The summed E-state index contributed by atoms with van der Waals surface area (Å²) in [4.78, 5) is 11.4. The molecule has 1 aliphatic carbocycles. The summed E-state index contributed by atoms with van der Waals surface area (Å²) in [5.74, 6) is -0.646. The smallest absolute Gasteiger partial charge is 0.326 e. The molecule has 0 amide bonds. The van der Waals surface area contributed by atoms with E-state index in [1.54, 1.807) is 7.05 Å². The Bertz CT molecular complexity index is 283. The molecular formula is C13H25NO4. The van der Waals surface area contributed by atoms with Gasteiger partial charge in [-0.25, -0.2) is 0 Å². The number of hydrogen-bond donors (Lipinski definition) is 2. The number of hydrogen-bond acceptors (Lipinski definition) is 4. The third-order valence-electron chi connectivity index (χ3n) is 3.19. The summed E-state index contributed by atoms with van der Waals surface area (Å²) in [5.41, 5.74) is -1.12. The summed E-state index contributed by atoms with van der Waals surface area (Å²) in [6, 6.07) is 0. The summed E-state index contributed by atoms with van der Waals surface area (Å²) in [5, 5.41) is 12.3. The second-order valence-corrected chi connectivity index (χ2v) is 5.81. The van der Waals surface area contributed by atoms with E-state index in [1.807, 2.05) is 20.8 Å². The molecule has 0 aromatic carbocycles. The molecule has 0 bridgehead atoms. The summed E-state index contributed by atoms with van der Waals surface area (Å²) in [6.45, 7) is 7.02. The molecule has 0 heterocycles. The van der Waals surface area contributed by atoms with Gasteiger partial charge in [0.2, 0.25) is 0 Å². The van der Waals surface area contributed by atoms with Crippen molar-refractivity contribution in [3.05, 3.63) is 0 Å². The highest BCUT2D eigenvalue weighted by Crippen LogP contribution is 2.40. The minimum atomic E-state index is -0.929. The Kier molecular flexibility index (Phi) is 5.13. The van der Waals surface area contributed by atoms with Gasteiger partial charge in [0.15, 0.2) is 0 Å². The zero-order valence-corrected chi connectivity index (χ0v) is 11.8. The van der Waals surface area contributed by atoms with Crippen LogP contribution in [-0.2, 0) is 14.3 Å². The number of rotatable bonds is 8. The molecule has 1 rings (SSSR count). The van der Waals surface area contributed by atoms with E-state index in [2.05, 4.69) is 5.32 Å². The van der Waals surface area contributed by atoms with Crippen LogP contribution in [0.15, 0.2) is 0 Å². The highest BCUT2D eigenvalue weighted by molar-refractivity contribution is 5.80. The fourth-order valence-electron chi connectivity index (χ4n) is 1.95. The Morgan fingerprint density at radius 3 is 2.33 bits per heavy atom. The zero-order chi connectivity index (χ0) is 13.8. The second-order valence-electron chi connectivity index (χ2n) is 5.81. The van der Waals surface area contributed by atoms with Gasteiger partial charge in [0.1, 0.15) is 5.54 Å². The summed E-state index contributed by atoms with van der Waals surface area (Å²) in [6.07, 6.45) is 1.91. The molecule has 5 nitrogen and oxygen atoms in total. The van der Waals surface area contributed by atoms with Crippen molar-refractivity contribution in [2.75, 3.05) is 26.9 Å². The molecule has 0 aromatic heterocycles. The number of likely N-dealkylation sites (N-methyl/N-ethyl adjacent to an activating group) is 1. The first kappa shape index (κ1) is 15.4. The molecule has 5 heteroatoms.